The van der Waals surface area contributed by atoms with Crippen LogP contribution in [0.4, 0.5) is 26.3 Å². The Hall–Kier alpha value is -5.45. The average molecular weight is 747 g/mol. The lowest BCUT2D eigenvalue weighted by molar-refractivity contribution is -0.137. The maximum atomic E-state index is 13.6. The molecule has 4 aromatic heterocycles. The SMILES string of the molecule is N=C(SC(=N)c1ccc2ccc(C(=N)SC(N)c3cccc(-c4ccccc4C(F)(F)F)n3)nc2n1)c1cccc(-c2ccccc2C(F)(F)F)n1. The molecule has 0 aliphatic carbocycles. The summed E-state index contributed by atoms with van der Waals surface area (Å²) in [5, 5.41) is 25.0. The van der Waals surface area contributed by atoms with Gasteiger partial charge in [0.25, 0.3) is 0 Å². The molecular weight excluding hydrogens is 723 g/mol. The summed E-state index contributed by atoms with van der Waals surface area (Å²) in [5.74, 6) is 0. The Kier molecular flexibility index (Phi) is 10.2. The summed E-state index contributed by atoms with van der Waals surface area (Å²) in [7, 11) is 0. The first-order valence-corrected chi connectivity index (χ1v) is 16.8. The molecule has 0 aliphatic heterocycles. The third-order valence-corrected chi connectivity index (χ3v) is 9.29. The molecule has 0 amide bonds. The Bertz CT molecular complexity index is 2350. The number of pyridine rings is 4. The molecule has 1 atom stereocenters. The lowest BCUT2D eigenvalue weighted by Gasteiger charge is -2.15. The number of thioether (sulfide) groups is 2. The molecule has 5 N–H and O–H groups in total. The number of hydrogen-bond acceptors (Lipinski definition) is 10. The van der Waals surface area contributed by atoms with E-state index in [4.69, 9.17) is 22.0 Å². The van der Waals surface area contributed by atoms with Gasteiger partial charge < -0.3 is 5.73 Å². The molecule has 0 radical (unpaired) electrons. The molecular formula is C36H24F6N8S2. The monoisotopic (exact) mass is 746 g/mol. The summed E-state index contributed by atoms with van der Waals surface area (Å²) in [5.41, 5.74) is 5.38. The highest BCUT2D eigenvalue weighted by Crippen LogP contribution is 2.38. The lowest BCUT2D eigenvalue weighted by Crippen LogP contribution is -2.13. The minimum absolute atomic E-state index is 0.0261. The zero-order chi connectivity index (χ0) is 37.2. The molecule has 0 spiro atoms. The van der Waals surface area contributed by atoms with Gasteiger partial charge >= 0.3 is 12.4 Å². The van der Waals surface area contributed by atoms with Gasteiger partial charge in [0.2, 0.25) is 0 Å². The summed E-state index contributed by atoms with van der Waals surface area (Å²) in [4.78, 5) is 17.5. The van der Waals surface area contributed by atoms with E-state index >= 15 is 0 Å². The first-order chi connectivity index (χ1) is 24.7. The molecule has 0 fully saturated rings. The smallest absolute Gasteiger partial charge is 0.314 e. The second kappa shape index (κ2) is 14.7. The summed E-state index contributed by atoms with van der Waals surface area (Å²) >= 11 is 1.59. The van der Waals surface area contributed by atoms with Crippen molar-refractivity contribution in [2.24, 2.45) is 5.73 Å². The highest BCUT2D eigenvalue weighted by atomic mass is 32.2. The fourth-order valence-electron chi connectivity index (χ4n) is 5.08. The Labute approximate surface area is 300 Å². The summed E-state index contributed by atoms with van der Waals surface area (Å²) in [6, 6.07) is 25.5. The van der Waals surface area contributed by atoms with Gasteiger partial charge in [0.1, 0.15) is 15.1 Å². The number of aromatic nitrogens is 4. The van der Waals surface area contributed by atoms with Crippen molar-refractivity contribution in [3.63, 3.8) is 0 Å². The average Bonchev–Trinajstić information content (AvgIpc) is 3.13. The van der Waals surface area contributed by atoms with Gasteiger partial charge in [-0.25, -0.2) is 15.0 Å². The normalized spacial score (nSPS) is 12.4. The first-order valence-electron chi connectivity index (χ1n) is 15.1. The molecule has 0 bridgehead atoms. The standard InChI is InChI=1S/C36H24F6N8S2/c37-35(38,39)22-9-3-1-7-20(22)24-11-5-13-26(47-24)30(43)51-32(45)28-17-15-19-16-18-29(50-34(19)49-28)33(46)52-31(44)27-14-6-12-25(48-27)21-8-2-4-10-23(21)36(40,41)42/h1-18,30,44-46H,43H2. The van der Waals surface area contributed by atoms with Gasteiger partial charge in [-0.05, 0) is 72.4 Å². The second-order valence-corrected chi connectivity index (χ2v) is 13.2. The Morgan fingerprint density at radius 2 is 1.02 bits per heavy atom. The van der Waals surface area contributed by atoms with Crippen molar-refractivity contribution >= 4 is 49.7 Å². The minimum Gasteiger partial charge on any atom is -0.314 e. The molecule has 2 aromatic carbocycles. The lowest BCUT2D eigenvalue weighted by atomic mass is 10.0. The van der Waals surface area contributed by atoms with Crippen molar-refractivity contribution in [1.29, 1.82) is 16.2 Å². The van der Waals surface area contributed by atoms with Crippen molar-refractivity contribution < 1.29 is 26.3 Å². The van der Waals surface area contributed by atoms with Crippen molar-refractivity contribution in [1.82, 2.24) is 19.9 Å². The predicted octanol–water partition coefficient (Wildman–Crippen LogP) is 9.59. The van der Waals surface area contributed by atoms with Gasteiger partial charge in [0.05, 0.1) is 50.7 Å². The predicted molar refractivity (Wildman–Crippen MR) is 191 cm³/mol. The van der Waals surface area contributed by atoms with Crippen LogP contribution >= 0.6 is 23.5 Å². The molecule has 16 heteroatoms. The highest BCUT2D eigenvalue weighted by Gasteiger charge is 2.34. The van der Waals surface area contributed by atoms with E-state index in [-0.39, 0.29) is 66.1 Å². The van der Waals surface area contributed by atoms with Gasteiger partial charge in [-0.2, -0.15) is 26.3 Å². The third-order valence-electron chi connectivity index (χ3n) is 7.53. The van der Waals surface area contributed by atoms with Crippen molar-refractivity contribution in [2.75, 3.05) is 0 Å². The zero-order valence-corrected chi connectivity index (χ0v) is 28.1. The largest absolute Gasteiger partial charge is 0.417 e. The number of rotatable bonds is 7. The molecule has 4 heterocycles. The minimum atomic E-state index is -4.60. The summed E-state index contributed by atoms with van der Waals surface area (Å²) in [6.45, 7) is 0. The van der Waals surface area contributed by atoms with Crippen LogP contribution in [0.25, 0.3) is 33.5 Å². The summed E-state index contributed by atoms with van der Waals surface area (Å²) < 4.78 is 81.7. The molecule has 0 saturated carbocycles. The van der Waals surface area contributed by atoms with Crippen molar-refractivity contribution in [3.8, 4) is 22.5 Å². The highest BCUT2D eigenvalue weighted by molar-refractivity contribution is 8.27. The van der Waals surface area contributed by atoms with Gasteiger partial charge in [-0.15, -0.1) is 0 Å². The molecule has 0 aliphatic rings. The van der Waals surface area contributed by atoms with Crippen LogP contribution in [0.15, 0.2) is 109 Å². The maximum Gasteiger partial charge on any atom is 0.417 e. The van der Waals surface area contributed by atoms with Crippen molar-refractivity contribution in [3.05, 3.63) is 143 Å². The molecule has 262 valence electrons. The van der Waals surface area contributed by atoms with Gasteiger partial charge in [0.15, 0.2) is 5.65 Å². The van der Waals surface area contributed by atoms with Gasteiger partial charge in [0, 0.05) is 16.5 Å². The summed E-state index contributed by atoms with van der Waals surface area (Å²) in [6.07, 6.45) is -9.18. The van der Waals surface area contributed by atoms with Gasteiger partial charge in [-0.3, -0.25) is 21.2 Å². The van der Waals surface area contributed by atoms with E-state index in [0.717, 1.165) is 23.9 Å². The van der Waals surface area contributed by atoms with Crippen LogP contribution in [0.3, 0.4) is 0 Å². The van der Waals surface area contributed by atoms with Crippen LogP contribution in [-0.2, 0) is 12.4 Å². The Morgan fingerprint density at radius 1 is 0.538 bits per heavy atom. The number of benzene rings is 2. The van der Waals surface area contributed by atoms with Crippen LogP contribution in [0, 0.1) is 16.2 Å². The number of nitrogens with two attached hydrogens (primary N) is 1. The van der Waals surface area contributed by atoms with E-state index in [1.165, 1.54) is 60.7 Å². The molecule has 52 heavy (non-hydrogen) atoms. The number of nitrogens with one attached hydrogen (secondary N) is 3. The fourth-order valence-corrected chi connectivity index (χ4v) is 6.47. The Balaban J connectivity index is 1.17. The third kappa shape index (κ3) is 8.03. The zero-order valence-electron chi connectivity index (χ0n) is 26.4. The number of fused-ring (bicyclic) bond motifs is 1. The van der Waals surface area contributed by atoms with Gasteiger partial charge in [-0.1, -0.05) is 60.3 Å². The number of nitrogens with zero attached hydrogens (tertiary/aromatic N) is 4. The fraction of sp³-hybridized carbons (Fsp3) is 0.0833. The van der Waals surface area contributed by atoms with Crippen LogP contribution < -0.4 is 5.73 Å². The quantitative estimate of drug-likeness (QED) is 0.0550. The van der Waals surface area contributed by atoms with E-state index in [1.807, 2.05) is 0 Å². The van der Waals surface area contributed by atoms with Crippen LogP contribution in [0.2, 0.25) is 0 Å². The van der Waals surface area contributed by atoms with E-state index in [0.29, 0.717) is 17.1 Å². The molecule has 0 saturated heterocycles. The van der Waals surface area contributed by atoms with E-state index in [2.05, 4.69) is 19.9 Å². The van der Waals surface area contributed by atoms with E-state index < -0.39 is 28.9 Å². The van der Waals surface area contributed by atoms with E-state index in [9.17, 15) is 26.3 Å². The van der Waals surface area contributed by atoms with E-state index in [1.54, 1.807) is 36.4 Å². The molecule has 8 nitrogen and oxygen atoms in total. The van der Waals surface area contributed by atoms with Crippen LogP contribution in [0.5, 0.6) is 0 Å². The Morgan fingerprint density at radius 3 is 1.58 bits per heavy atom. The topological polar surface area (TPSA) is 149 Å². The number of alkyl halides is 6. The van der Waals surface area contributed by atoms with Crippen LogP contribution in [-0.4, -0.2) is 35.1 Å². The molecule has 1 unspecified atom stereocenters. The number of halogens is 6. The van der Waals surface area contributed by atoms with Crippen molar-refractivity contribution in [2.45, 2.75) is 17.7 Å². The number of hydrogen-bond donors (Lipinski definition) is 4. The molecule has 6 aromatic rings. The van der Waals surface area contributed by atoms with Crippen LogP contribution in [0.1, 0.15) is 39.3 Å². The maximum absolute atomic E-state index is 13.6. The first kappa shape index (κ1) is 36.3. The molecule has 6 rings (SSSR count). The second-order valence-electron chi connectivity index (χ2n) is 11.0.